The number of rotatable bonds is 13. The van der Waals surface area contributed by atoms with Crippen LogP contribution in [0.1, 0.15) is 52.4 Å². The van der Waals surface area contributed by atoms with E-state index in [0.29, 0.717) is 13.2 Å². The molecule has 0 heterocycles. The van der Waals surface area contributed by atoms with Crippen LogP contribution in [0.5, 0.6) is 5.75 Å². The van der Waals surface area contributed by atoms with Crippen LogP contribution in [-0.2, 0) is 4.74 Å². The summed E-state index contributed by atoms with van der Waals surface area (Å²) in [6, 6.07) is 8.16. The molecule has 3 nitrogen and oxygen atoms in total. The molecule has 0 aliphatic heterocycles. The Hall–Kier alpha value is -1.22. The highest BCUT2D eigenvalue weighted by Gasteiger charge is 1.97. The molecular formula is C18H31NO2. The standard InChI is InChI=1S/C18H31NO2/c1-3-5-6-7-8-9-13-19-17-11-10-12-18(16-17)21-15-14-20-4-2/h10-12,16,19H,3-9,13-15H2,1-2H3. The van der Waals surface area contributed by atoms with Crippen LogP contribution in [0.3, 0.4) is 0 Å². The Kier molecular flexibility index (Phi) is 10.6. The monoisotopic (exact) mass is 293 g/mol. The molecule has 0 aromatic heterocycles. The Bertz CT molecular complexity index is 355. The summed E-state index contributed by atoms with van der Waals surface area (Å²) in [5, 5.41) is 3.47. The van der Waals surface area contributed by atoms with Crippen molar-refractivity contribution in [1.82, 2.24) is 0 Å². The van der Waals surface area contributed by atoms with E-state index in [2.05, 4.69) is 24.4 Å². The number of ether oxygens (including phenoxy) is 2. The van der Waals surface area contributed by atoms with Crippen LogP contribution in [-0.4, -0.2) is 26.4 Å². The number of hydrogen-bond donors (Lipinski definition) is 1. The Morgan fingerprint density at radius 1 is 0.952 bits per heavy atom. The number of nitrogens with one attached hydrogen (secondary N) is 1. The summed E-state index contributed by atoms with van der Waals surface area (Å²) in [5.74, 6) is 0.905. The second kappa shape index (κ2) is 12.5. The van der Waals surface area contributed by atoms with Crippen molar-refractivity contribution in [3.63, 3.8) is 0 Å². The first-order valence-corrected chi connectivity index (χ1v) is 8.41. The molecule has 0 fully saturated rings. The largest absolute Gasteiger partial charge is 0.491 e. The maximum Gasteiger partial charge on any atom is 0.121 e. The highest BCUT2D eigenvalue weighted by Crippen LogP contribution is 2.17. The van der Waals surface area contributed by atoms with Crippen molar-refractivity contribution in [2.45, 2.75) is 52.4 Å². The predicted octanol–water partition coefficient (Wildman–Crippen LogP) is 4.87. The van der Waals surface area contributed by atoms with Crippen LogP contribution in [0.2, 0.25) is 0 Å². The summed E-state index contributed by atoms with van der Waals surface area (Å²) < 4.78 is 10.9. The van der Waals surface area contributed by atoms with Crippen LogP contribution < -0.4 is 10.1 Å². The van der Waals surface area contributed by atoms with E-state index in [1.165, 1.54) is 38.5 Å². The predicted molar refractivity (Wildman–Crippen MR) is 90.3 cm³/mol. The normalized spacial score (nSPS) is 10.6. The maximum absolute atomic E-state index is 5.66. The van der Waals surface area contributed by atoms with Crippen molar-refractivity contribution >= 4 is 5.69 Å². The minimum Gasteiger partial charge on any atom is -0.491 e. The molecule has 1 N–H and O–H groups in total. The zero-order valence-electron chi connectivity index (χ0n) is 13.7. The Morgan fingerprint density at radius 3 is 2.57 bits per heavy atom. The lowest BCUT2D eigenvalue weighted by molar-refractivity contribution is 0.110. The van der Waals surface area contributed by atoms with Crippen molar-refractivity contribution in [1.29, 1.82) is 0 Å². The quantitative estimate of drug-likeness (QED) is 0.526. The van der Waals surface area contributed by atoms with Crippen molar-refractivity contribution in [2.24, 2.45) is 0 Å². The number of benzene rings is 1. The molecule has 0 atom stereocenters. The van der Waals surface area contributed by atoms with E-state index in [0.717, 1.165) is 24.6 Å². The van der Waals surface area contributed by atoms with E-state index in [-0.39, 0.29) is 0 Å². The highest BCUT2D eigenvalue weighted by molar-refractivity contribution is 5.48. The Morgan fingerprint density at radius 2 is 1.76 bits per heavy atom. The van der Waals surface area contributed by atoms with Gasteiger partial charge in [0, 0.05) is 24.9 Å². The van der Waals surface area contributed by atoms with Crippen molar-refractivity contribution < 1.29 is 9.47 Å². The van der Waals surface area contributed by atoms with Gasteiger partial charge in [-0.1, -0.05) is 45.1 Å². The minimum absolute atomic E-state index is 0.606. The maximum atomic E-state index is 5.66. The summed E-state index contributed by atoms with van der Waals surface area (Å²) in [5.41, 5.74) is 1.14. The van der Waals surface area contributed by atoms with Gasteiger partial charge < -0.3 is 14.8 Å². The highest BCUT2D eigenvalue weighted by atomic mass is 16.5. The molecule has 1 aromatic rings. The Balaban J connectivity index is 2.14. The summed E-state index contributed by atoms with van der Waals surface area (Å²) in [6.07, 6.45) is 7.97. The van der Waals surface area contributed by atoms with Crippen molar-refractivity contribution in [3.8, 4) is 5.75 Å². The molecular weight excluding hydrogens is 262 g/mol. The molecule has 3 heteroatoms. The molecule has 0 saturated carbocycles. The van der Waals surface area contributed by atoms with Gasteiger partial charge in [-0.05, 0) is 25.5 Å². The van der Waals surface area contributed by atoms with Gasteiger partial charge in [-0.3, -0.25) is 0 Å². The second-order valence-electron chi connectivity index (χ2n) is 5.27. The SMILES string of the molecule is CCCCCCCCNc1cccc(OCCOCC)c1. The molecule has 120 valence electrons. The zero-order chi connectivity index (χ0) is 15.2. The minimum atomic E-state index is 0.606. The van der Waals surface area contributed by atoms with Crippen LogP contribution in [0.4, 0.5) is 5.69 Å². The lowest BCUT2D eigenvalue weighted by Gasteiger charge is -2.10. The van der Waals surface area contributed by atoms with Gasteiger partial charge >= 0.3 is 0 Å². The third-order valence-corrected chi connectivity index (χ3v) is 3.39. The van der Waals surface area contributed by atoms with Gasteiger partial charge in [0.15, 0.2) is 0 Å². The van der Waals surface area contributed by atoms with E-state index < -0.39 is 0 Å². The van der Waals surface area contributed by atoms with Crippen LogP contribution in [0.25, 0.3) is 0 Å². The summed E-state index contributed by atoms with van der Waals surface area (Å²) in [4.78, 5) is 0. The molecule has 0 amide bonds. The van der Waals surface area contributed by atoms with Gasteiger partial charge in [-0.25, -0.2) is 0 Å². The first kappa shape index (κ1) is 17.8. The molecule has 0 radical (unpaired) electrons. The summed E-state index contributed by atoms with van der Waals surface area (Å²) in [6.45, 7) is 7.27. The molecule has 0 spiro atoms. The van der Waals surface area contributed by atoms with Gasteiger partial charge in [0.2, 0.25) is 0 Å². The van der Waals surface area contributed by atoms with Crippen LogP contribution >= 0.6 is 0 Å². The molecule has 1 aromatic carbocycles. The van der Waals surface area contributed by atoms with E-state index in [1.807, 2.05) is 19.1 Å². The third-order valence-electron chi connectivity index (χ3n) is 3.39. The fourth-order valence-corrected chi connectivity index (χ4v) is 2.20. The van der Waals surface area contributed by atoms with Crippen LogP contribution in [0.15, 0.2) is 24.3 Å². The Labute approximate surface area is 130 Å². The first-order chi connectivity index (χ1) is 10.4. The smallest absolute Gasteiger partial charge is 0.121 e. The van der Waals surface area contributed by atoms with E-state index in [9.17, 15) is 0 Å². The van der Waals surface area contributed by atoms with Crippen molar-refractivity contribution in [3.05, 3.63) is 24.3 Å². The van der Waals surface area contributed by atoms with E-state index in [1.54, 1.807) is 0 Å². The first-order valence-electron chi connectivity index (χ1n) is 8.41. The molecule has 0 saturated heterocycles. The van der Waals surface area contributed by atoms with Gasteiger partial charge in [-0.15, -0.1) is 0 Å². The molecule has 21 heavy (non-hydrogen) atoms. The number of unbranched alkanes of at least 4 members (excludes halogenated alkanes) is 5. The number of hydrogen-bond acceptors (Lipinski definition) is 3. The van der Waals surface area contributed by atoms with E-state index >= 15 is 0 Å². The molecule has 0 bridgehead atoms. The molecule has 0 aliphatic rings. The fourth-order valence-electron chi connectivity index (χ4n) is 2.20. The van der Waals surface area contributed by atoms with Crippen LogP contribution in [0, 0.1) is 0 Å². The van der Waals surface area contributed by atoms with Gasteiger partial charge in [0.25, 0.3) is 0 Å². The lowest BCUT2D eigenvalue weighted by Crippen LogP contribution is -2.07. The average Bonchev–Trinajstić information content (AvgIpc) is 2.51. The summed E-state index contributed by atoms with van der Waals surface area (Å²) in [7, 11) is 0. The zero-order valence-corrected chi connectivity index (χ0v) is 13.7. The van der Waals surface area contributed by atoms with E-state index in [4.69, 9.17) is 9.47 Å². The molecule has 1 rings (SSSR count). The van der Waals surface area contributed by atoms with Gasteiger partial charge in [-0.2, -0.15) is 0 Å². The molecule has 0 aliphatic carbocycles. The topological polar surface area (TPSA) is 30.5 Å². The molecule has 0 unspecified atom stereocenters. The van der Waals surface area contributed by atoms with Crippen molar-refractivity contribution in [2.75, 3.05) is 31.7 Å². The van der Waals surface area contributed by atoms with Gasteiger partial charge in [0.05, 0.1) is 6.61 Å². The fraction of sp³-hybridized carbons (Fsp3) is 0.667. The number of anilines is 1. The third kappa shape index (κ3) is 9.35. The second-order valence-corrected chi connectivity index (χ2v) is 5.27. The van der Waals surface area contributed by atoms with Gasteiger partial charge in [0.1, 0.15) is 12.4 Å². The average molecular weight is 293 g/mol. The lowest BCUT2D eigenvalue weighted by atomic mass is 10.1. The summed E-state index contributed by atoms with van der Waals surface area (Å²) >= 11 is 0.